The molecule has 0 amide bonds. The van der Waals surface area contributed by atoms with Crippen LogP contribution in [0.2, 0.25) is 0 Å². The molecule has 1 unspecified atom stereocenters. The van der Waals surface area contributed by atoms with E-state index in [0.717, 1.165) is 18.6 Å². The van der Waals surface area contributed by atoms with Gasteiger partial charge in [0.2, 0.25) is 0 Å². The van der Waals surface area contributed by atoms with Crippen LogP contribution in [0.5, 0.6) is 0 Å². The number of carboxylic acids is 1. The maximum atomic E-state index is 12.6. The van der Waals surface area contributed by atoms with Gasteiger partial charge in [-0.25, -0.2) is 0 Å². The number of halogens is 3. The fourth-order valence-corrected chi connectivity index (χ4v) is 3.07. The van der Waals surface area contributed by atoms with Gasteiger partial charge >= 0.3 is 12.1 Å². The molecule has 120 valence electrons. The van der Waals surface area contributed by atoms with Crippen LogP contribution >= 0.6 is 0 Å². The first-order valence-electron chi connectivity index (χ1n) is 7.20. The van der Waals surface area contributed by atoms with E-state index in [1.165, 1.54) is 12.1 Å². The quantitative estimate of drug-likeness (QED) is 0.857. The largest absolute Gasteiger partial charge is 0.481 e. The van der Waals surface area contributed by atoms with Crippen LogP contribution in [-0.4, -0.2) is 16.9 Å². The number of benzene rings is 1. The van der Waals surface area contributed by atoms with Crippen molar-refractivity contribution in [3.8, 4) is 0 Å². The van der Waals surface area contributed by atoms with Gasteiger partial charge in [0, 0.05) is 18.8 Å². The minimum absolute atomic E-state index is 0.0801. The summed E-state index contributed by atoms with van der Waals surface area (Å²) in [6, 6.07) is 4.49. The van der Waals surface area contributed by atoms with Crippen LogP contribution in [0, 0.1) is 5.92 Å². The number of carbonyl (C=O) groups is 2. The number of carbonyl (C=O) groups excluding carboxylic acids is 1. The molecule has 2 rings (SSSR count). The second-order valence-electron chi connectivity index (χ2n) is 5.67. The van der Waals surface area contributed by atoms with Crippen molar-refractivity contribution in [2.45, 2.75) is 44.2 Å². The molecule has 3 nitrogen and oxygen atoms in total. The van der Waals surface area contributed by atoms with E-state index in [1.54, 1.807) is 0 Å². The molecule has 6 heteroatoms. The standard InChI is InChI=1S/C16H17F3O3/c17-16(18,19)12-7-5-10(6-8-12)15-11(9-14(21)22)3-1-2-4-13(15)20/h5-8,11,15H,1-4,9H2,(H,21,22)/t11?,15-/m0/s1. The highest BCUT2D eigenvalue weighted by Gasteiger charge is 2.34. The van der Waals surface area contributed by atoms with E-state index < -0.39 is 23.6 Å². The summed E-state index contributed by atoms with van der Waals surface area (Å²) in [6.07, 6.45) is -2.15. The zero-order chi connectivity index (χ0) is 16.3. The van der Waals surface area contributed by atoms with Crippen LogP contribution in [0.1, 0.15) is 49.1 Å². The monoisotopic (exact) mass is 314 g/mol. The smallest absolute Gasteiger partial charge is 0.416 e. The van der Waals surface area contributed by atoms with Gasteiger partial charge in [-0.15, -0.1) is 0 Å². The third kappa shape index (κ3) is 3.87. The number of rotatable bonds is 3. The number of carboxylic acid groups (broad SMARTS) is 1. The average Bonchev–Trinajstić information content (AvgIpc) is 2.59. The molecule has 1 fully saturated rings. The maximum absolute atomic E-state index is 12.6. The van der Waals surface area contributed by atoms with E-state index in [1.807, 2.05) is 0 Å². The summed E-state index contributed by atoms with van der Waals surface area (Å²) in [5, 5.41) is 9.00. The van der Waals surface area contributed by atoms with Gasteiger partial charge in [-0.2, -0.15) is 13.2 Å². The second-order valence-corrected chi connectivity index (χ2v) is 5.67. The van der Waals surface area contributed by atoms with E-state index in [0.29, 0.717) is 24.8 Å². The second kappa shape index (κ2) is 6.50. The van der Waals surface area contributed by atoms with Gasteiger partial charge in [0.05, 0.1) is 5.56 Å². The number of aliphatic carboxylic acids is 1. The lowest BCUT2D eigenvalue weighted by Gasteiger charge is -2.23. The summed E-state index contributed by atoms with van der Waals surface area (Å²) >= 11 is 0. The fourth-order valence-electron chi connectivity index (χ4n) is 3.07. The first-order valence-corrected chi connectivity index (χ1v) is 7.20. The summed E-state index contributed by atoms with van der Waals surface area (Å²) in [5.74, 6) is -2.05. The molecule has 1 saturated carbocycles. The molecule has 1 aliphatic carbocycles. The summed E-state index contributed by atoms with van der Waals surface area (Å²) in [4.78, 5) is 23.3. The van der Waals surface area contributed by atoms with Gasteiger partial charge in [0.1, 0.15) is 5.78 Å². The molecule has 1 aromatic rings. The Kier molecular flexibility index (Phi) is 4.88. The molecule has 1 aliphatic rings. The Labute approximate surface area is 126 Å². The van der Waals surface area contributed by atoms with Crippen LogP contribution in [0.15, 0.2) is 24.3 Å². The third-order valence-corrected chi connectivity index (χ3v) is 4.10. The summed E-state index contributed by atoms with van der Waals surface area (Å²) in [7, 11) is 0. The molecule has 0 bridgehead atoms. The van der Waals surface area contributed by atoms with Crippen molar-refractivity contribution in [1.29, 1.82) is 0 Å². The molecule has 1 N–H and O–H groups in total. The third-order valence-electron chi connectivity index (χ3n) is 4.10. The highest BCUT2D eigenvalue weighted by Crippen LogP contribution is 2.37. The normalized spacial score (nSPS) is 23.1. The van der Waals surface area contributed by atoms with Crippen molar-refractivity contribution < 1.29 is 27.9 Å². The van der Waals surface area contributed by atoms with E-state index in [4.69, 9.17) is 5.11 Å². The average molecular weight is 314 g/mol. The first-order chi connectivity index (χ1) is 10.3. The van der Waals surface area contributed by atoms with Gasteiger partial charge in [-0.3, -0.25) is 9.59 Å². The summed E-state index contributed by atoms with van der Waals surface area (Å²) in [6.45, 7) is 0. The number of hydrogen-bond acceptors (Lipinski definition) is 2. The zero-order valence-electron chi connectivity index (χ0n) is 11.9. The Balaban J connectivity index is 2.31. The van der Waals surface area contributed by atoms with E-state index in [9.17, 15) is 22.8 Å². The lowest BCUT2D eigenvalue weighted by molar-refractivity contribution is -0.139. The summed E-state index contributed by atoms with van der Waals surface area (Å²) in [5.41, 5.74) is -0.293. The van der Waals surface area contributed by atoms with Gasteiger partial charge in [0.15, 0.2) is 0 Å². The predicted molar refractivity (Wildman–Crippen MR) is 73.4 cm³/mol. The Morgan fingerprint density at radius 2 is 1.82 bits per heavy atom. The maximum Gasteiger partial charge on any atom is 0.416 e. The Morgan fingerprint density at radius 1 is 1.18 bits per heavy atom. The molecular weight excluding hydrogens is 297 g/mol. The van der Waals surface area contributed by atoms with Crippen molar-refractivity contribution in [1.82, 2.24) is 0 Å². The van der Waals surface area contributed by atoms with Crippen LogP contribution < -0.4 is 0 Å². The molecule has 0 aliphatic heterocycles. The van der Waals surface area contributed by atoms with Gasteiger partial charge in [-0.1, -0.05) is 18.6 Å². The van der Waals surface area contributed by atoms with E-state index in [2.05, 4.69) is 0 Å². The van der Waals surface area contributed by atoms with Crippen molar-refractivity contribution >= 4 is 11.8 Å². The van der Waals surface area contributed by atoms with Crippen molar-refractivity contribution in [3.63, 3.8) is 0 Å². The van der Waals surface area contributed by atoms with Crippen molar-refractivity contribution in [2.24, 2.45) is 5.92 Å². The first kappa shape index (κ1) is 16.5. The van der Waals surface area contributed by atoms with Crippen LogP contribution in [0.4, 0.5) is 13.2 Å². The number of ketones is 1. The molecular formula is C16H17F3O3. The minimum atomic E-state index is -4.42. The van der Waals surface area contributed by atoms with Gasteiger partial charge < -0.3 is 5.11 Å². The van der Waals surface area contributed by atoms with E-state index >= 15 is 0 Å². The number of hydrogen-bond donors (Lipinski definition) is 1. The molecule has 1 aromatic carbocycles. The van der Waals surface area contributed by atoms with Gasteiger partial charge in [-0.05, 0) is 36.5 Å². The molecule has 0 spiro atoms. The zero-order valence-corrected chi connectivity index (χ0v) is 11.9. The minimum Gasteiger partial charge on any atom is -0.481 e. The summed E-state index contributed by atoms with van der Waals surface area (Å²) < 4.78 is 37.8. The van der Waals surface area contributed by atoms with Crippen LogP contribution in [0.25, 0.3) is 0 Å². The molecule has 2 atom stereocenters. The van der Waals surface area contributed by atoms with Crippen molar-refractivity contribution in [2.75, 3.05) is 0 Å². The molecule has 0 saturated heterocycles. The highest BCUT2D eigenvalue weighted by molar-refractivity contribution is 5.87. The van der Waals surface area contributed by atoms with E-state index in [-0.39, 0.29) is 18.1 Å². The van der Waals surface area contributed by atoms with Gasteiger partial charge in [0.25, 0.3) is 0 Å². The number of Topliss-reactive ketones (excluding diaryl/α,β-unsaturated/α-hetero) is 1. The van der Waals surface area contributed by atoms with Crippen molar-refractivity contribution in [3.05, 3.63) is 35.4 Å². The Hall–Kier alpha value is -1.85. The predicted octanol–water partition coefficient (Wildman–Crippen LogP) is 4.02. The Bertz CT molecular complexity index is 549. The molecule has 0 heterocycles. The molecule has 0 aromatic heterocycles. The van der Waals surface area contributed by atoms with Crippen LogP contribution in [-0.2, 0) is 15.8 Å². The topological polar surface area (TPSA) is 54.4 Å². The van der Waals surface area contributed by atoms with Crippen LogP contribution in [0.3, 0.4) is 0 Å². The number of alkyl halides is 3. The SMILES string of the molecule is O=C(O)CC1CCCCC(=O)[C@H]1c1ccc(C(F)(F)F)cc1. The fraction of sp³-hybridized carbons (Fsp3) is 0.500. The molecule has 22 heavy (non-hydrogen) atoms. The lowest BCUT2D eigenvalue weighted by Crippen LogP contribution is -2.22. The molecule has 0 radical (unpaired) electrons. The Morgan fingerprint density at radius 3 is 2.36 bits per heavy atom. The lowest BCUT2D eigenvalue weighted by atomic mass is 9.79. The highest BCUT2D eigenvalue weighted by atomic mass is 19.4.